The van der Waals surface area contributed by atoms with E-state index in [2.05, 4.69) is 25.8 Å². The summed E-state index contributed by atoms with van der Waals surface area (Å²) < 4.78 is 5.57. The van der Waals surface area contributed by atoms with E-state index in [9.17, 15) is 14.4 Å². The van der Waals surface area contributed by atoms with E-state index < -0.39 is 11.7 Å². The number of carbonyl (C=O) groups is 2. The zero-order valence-corrected chi connectivity index (χ0v) is 18.2. The zero-order valence-electron chi connectivity index (χ0n) is 17.4. The molecule has 3 N–H and O–H groups in total. The zero-order chi connectivity index (χ0) is 22.5. The van der Waals surface area contributed by atoms with Gasteiger partial charge in [0, 0.05) is 31.2 Å². The summed E-state index contributed by atoms with van der Waals surface area (Å²) in [6.07, 6.45) is 6.05. The number of hydrogen-bond acceptors (Lipinski definition) is 7. The Hall–Kier alpha value is -3.14. The maximum Gasteiger partial charge on any atom is 0.407 e. The Kier molecular flexibility index (Phi) is 6.89. The monoisotopic (exact) mass is 460 g/mol. The fourth-order valence-corrected chi connectivity index (χ4v) is 4.34. The topological polar surface area (TPSA) is 129 Å². The Labute approximate surface area is 189 Å². The van der Waals surface area contributed by atoms with Gasteiger partial charge in [-0.25, -0.2) is 9.89 Å². The average Bonchev–Trinajstić information content (AvgIpc) is 3.25. The number of pyridine rings is 1. The second kappa shape index (κ2) is 9.99. The molecule has 2 aromatic heterocycles. The Morgan fingerprint density at radius 2 is 1.88 bits per heavy atom. The molecule has 0 unspecified atom stereocenters. The summed E-state index contributed by atoms with van der Waals surface area (Å²) in [7, 11) is 0. The van der Waals surface area contributed by atoms with Gasteiger partial charge in [-0.3, -0.25) is 14.6 Å². The first-order valence-corrected chi connectivity index (χ1v) is 11.0. The number of amides is 2. The van der Waals surface area contributed by atoms with E-state index in [4.69, 9.17) is 16.3 Å². The molecule has 0 radical (unpaired) electrons. The molecule has 1 aliphatic carbocycles. The van der Waals surface area contributed by atoms with E-state index in [1.54, 1.807) is 24.4 Å². The van der Waals surface area contributed by atoms with Crippen molar-refractivity contribution in [3.8, 4) is 0 Å². The first-order valence-electron chi connectivity index (χ1n) is 10.7. The molecule has 1 saturated carbocycles. The molecule has 2 fully saturated rings. The molecule has 11 heteroatoms. The van der Waals surface area contributed by atoms with E-state index in [-0.39, 0.29) is 29.1 Å². The SMILES string of the molecule is O=C(NC1CCC(NC(=O)c2ccccn2)CC1)O[C@@H]1CCN(c2cn[nH]c(=O)c2Cl)C1. The van der Waals surface area contributed by atoms with E-state index >= 15 is 0 Å². The lowest BCUT2D eigenvalue weighted by Crippen LogP contribution is -2.44. The first kappa shape index (κ1) is 22.1. The number of ether oxygens (including phenoxy) is 1. The van der Waals surface area contributed by atoms with E-state index in [1.165, 1.54) is 6.20 Å². The van der Waals surface area contributed by atoms with Crippen LogP contribution >= 0.6 is 11.6 Å². The van der Waals surface area contributed by atoms with Crippen molar-refractivity contribution in [2.24, 2.45) is 0 Å². The van der Waals surface area contributed by atoms with Crippen molar-refractivity contribution >= 4 is 29.3 Å². The lowest BCUT2D eigenvalue weighted by molar-refractivity contribution is 0.0904. The van der Waals surface area contributed by atoms with Crippen molar-refractivity contribution in [2.45, 2.75) is 50.3 Å². The molecule has 1 saturated heterocycles. The maximum atomic E-state index is 12.4. The van der Waals surface area contributed by atoms with Crippen LogP contribution in [0.2, 0.25) is 5.02 Å². The van der Waals surface area contributed by atoms with Gasteiger partial charge in [0.05, 0.1) is 18.4 Å². The van der Waals surface area contributed by atoms with Gasteiger partial charge >= 0.3 is 6.09 Å². The molecular weight excluding hydrogens is 436 g/mol. The highest BCUT2D eigenvalue weighted by atomic mass is 35.5. The second-order valence-corrected chi connectivity index (χ2v) is 8.42. The summed E-state index contributed by atoms with van der Waals surface area (Å²) in [6, 6.07) is 5.31. The normalized spacial score (nSPS) is 22.9. The molecule has 10 nitrogen and oxygen atoms in total. The summed E-state index contributed by atoms with van der Waals surface area (Å²) in [5.74, 6) is -0.178. The van der Waals surface area contributed by atoms with Gasteiger partial charge in [-0.2, -0.15) is 5.10 Å². The van der Waals surface area contributed by atoms with Crippen LogP contribution in [0.25, 0.3) is 0 Å². The Morgan fingerprint density at radius 1 is 1.12 bits per heavy atom. The van der Waals surface area contributed by atoms with Crippen LogP contribution in [0.3, 0.4) is 0 Å². The Bertz CT molecular complexity index is 1010. The van der Waals surface area contributed by atoms with Crippen LogP contribution in [-0.2, 0) is 4.74 Å². The summed E-state index contributed by atoms with van der Waals surface area (Å²) in [5.41, 5.74) is 0.491. The molecule has 1 aliphatic heterocycles. The third-order valence-corrected chi connectivity index (χ3v) is 6.18. The molecule has 2 amide bonds. The molecule has 4 rings (SSSR count). The van der Waals surface area contributed by atoms with Crippen LogP contribution in [0.5, 0.6) is 0 Å². The standard InChI is InChI=1S/C21H25ClN6O4/c22-18-17(11-24-27-20(18)30)28-10-8-15(12-28)32-21(31)26-14-6-4-13(5-7-14)25-19(29)16-3-1-2-9-23-16/h1-3,9,11,13-15H,4-8,10,12H2,(H,25,29)(H,26,31)(H,27,30)/t13?,14?,15-/m1/s1. The highest BCUT2D eigenvalue weighted by Crippen LogP contribution is 2.26. The number of hydrogen-bond donors (Lipinski definition) is 3. The van der Waals surface area contributed by atoms with Gasteiger partial charge in [0.15, 0.2) is 0 Å². The number of nitrogens with zero attached hydrogens (tertiary/aromatic N) is 3. The third kappa shape index (κ3) is 5.37. The van der Waals surface area contributed by atoms with Gasteiger partial charge in [-0.1, -0.05) is 17.7 Å². The van der Waals surface area contributed by atoms with Gasteiger partial charge in [-0.15, -0.1) is 0 Å². The van der Waals surface area contributed by atoms with Gasteiger partial charge in [0.2, 0.25) is 0 Å². The largest absolute Gasteiger partial charge is 0.444 e. The van der Waals surface area contributed by atoms with Gasteiger partial charge in [-0.05, 0) is 37.8 Å². The quantitative estimate of drug-likeness (QED) is 0.621. The molecule has 1 atom stereocenters. The molecule has 0 spiro atoms. The molecular formula is C21H25ClN6O4. The van der Waals surface area contributed by atoms with Crippen LogP contribution in [0.1, 0.15) is 42.6 Å². The molecule has 170 valence electrons. The number of anilines is 1. The predicted molar refractivity (Wildman–Crippen MR) is 118 cm³/mol. The van der Waals surface area contributed by atoms with Crippen molar-refractivity contribution in [1.29, 1.82) is 0 Å². The molecule has 0 bridgehead atoms. The third-order valence-electron chi connectivity index (χ3n) is 5.82. The fourth-order valence-electron chi connectivity index (χ4n) is 4.13. The van der Waals surface area contributed by atoms with Gasteiger partial charge < -0.3 is 20.3 Å². The Morgan fingerprint density at radius 3 is 2.59 bits per heavy atom. The number of aromatic amines is 1. The minimum absolute atomic E-state index is 0.00864. The van der Waals surface area contributed by atoms with Crippen molar-refractivity contribution in [2.75, 3.05) is 18.0 Å². The number of alkyl carbamates (subject to hydrolysis) is 1. The number of halogens is 1. The predicted octanol–water partition coefficient (Wildman–Crippen LogP) is 1.86. The summed E-state index contributed by atoms with van der Waals surface area (Å²) >= 11 is 6.06. The fraction of sp³-hybridized carbons (Fsp3) is 0.476. The van der Waals surface area contributed by atoms with Gasteiger partial charge in [0.25, 0.3) is 11.5 Å². The van der Waals surface area contributed by atoms with Crippen LogP contribution in [-0.4, -0.2) is 58.5 Å². The molecule has 32 heavy (non-hydrogen) atoms. The minimum atomic E-state index is -0.451. The molecule has 0 aromatic carbocycles. The second-order valence-electron chi connectivity index (χ2n) is 8.04. The van der Waals surface area contributed by atoms with Crippen molar-refractivity contribution < 1.29 is 14.3 Å². The van der Waals surface area contributed by atoms with E-state index in [0.717, 1.165) is 25.7 Å². The summed E-state index contributed by atoms with van der Waals surface area (Å²) in [5, 5.41) is 12.1. The number of carbonyl (C=O) groups excluding carboxylic acids is 2. The van der Waals surface area contributed by atoms with E-state index in [0.29, 0.717) is 30.9 Å². The number of aromatic nitrogens is 3. The number of nitrogens with one attached hydrogen (secondary N) is 3. The Balaban J connectivity index is 1.19. The first-order chi connectivity index (χ1) is 15.5. The minimum Gasteiger partial charge on any atom is -0.444 e. The van der Waals surface area contributed by atoms with Crippen LogP contribution in [0.4, 0.5) is 10.5 Å². The van der Waals surface area contributed by atoms with Crippen molar-refractivity contribution in [3.63, 3.8) is 0 Å². The van der Waals surface area contributed by atoms with Crippen LogP contribution in [0.15, 0.2) is 35.4 Å². The van der Waals surface area contributed by atoms with Crippen LogP contribution < -0.4 is 21.1 Å². The summed E-state index contributed by atoms with van der Waals surface area (Å²) in [6.45, 7) is 1.06. The average molecular weight is 461 g/mol. The van der Waals surface area contributed by atoms with E-state index in [1.807, 2.05) is 4.90 Å². The van der Waals surface area contributed by atoms with Crippen molar-refractivity contribution in [3.05, 3.63) is 51.7 Å². The smallest absolute Gasteiger partial charge is 0.407 e. The van der Waals surface area contributed by atoms with Gasteiger partial charge in [0.1, 0.15) is 16.8 Å². The number of H-pyrrole nitrogens is 1. The molecule has 3 heterocycles. The molecule has 2 aromatic rings. The van der Waals surface area contributed by atoms with Crippen molar-refractivity contribution in [1.82, 2.24) is 25.8 Å². The summed E-state index contributed by atoms with van der Waals surface area (Å²) in [4.78, 5) is 42.2. The molecule has 2 aliphatic rings. The lowest BCUT2D eigenvalue weighted by atomic mass is 9.91. The van der Waals surface area contributed by atoms with Crippen LogP contribution in [0, 0.1) is 0 Å². The maximum absolute atomic E-state index is 12.4. The highest BCUT2D eigenvalue weighted by molar-refractivity contribution is 6.33. The highest BCUT2D eigenvalue weighted by Gasteiger charge is 2.29. The lowest BCUT2D eigenvalue weighted by Gasteiger charge is -2.29. The number of rotatable bonds is 5.